The van der Waals surface area contributed by atoms with E-state index >= 15 is 0 Å². The SMILES string of the molecule is CC1O[Se]c2c(N=Nc3cccc4c3[Se]OC4C)cccc21. The van der Waals surface area contributed by atoms with Gasteiger partial charge in [-0.25, -0.2) is 0 Å². The molecule has 0 radical (unpaired) electrons. The van der Waals surface area contributed by atoms with Crippen molar-refractivity contribution in [3.63, 3.8) is 0 Å². The zero-order valence-electron chi connectivity index (χ0n) is 12.1. The van der Waals surface area contributed by atoms with Crippen LogP contribution in [0.3, 0.4) is 0 Å². The van der Waals surface area contributed by atoms with Gasteiger partial charge in [0.2, 0.25) is 0 Å². The Morgan fingerprint density at radius 2 is 1.23 bits per heavy atom. The first-order valence-electron chi connectivity index (χ1n) is 7.08. The molecule has 2 atom stereocenters. The summed E-state index contributed by atoms with van der Waals surface area (Å²) >= 11 is 0.0646. The van der Waals surface area contributed by atoms with Crippen molar-refractivity contribution in [2.24, 2.45) is 10.2 Å². The molecule has 2 unspecified atom stereocenters. The van der Waals surface area contributed by atoms with E-state index in [1.54, 1.807) is 0 Å². The van der Waals surface area contributed by atoms with Crippen molar-refractivity contribution in [2.45, 2.75) is 26.1 Å². The predicted molar refractivity (Wildman–Crippen MR) is 86.8 cm³/mol. The van der Waals surface area contributed by atoms with Crippen LogP contribution in [0, 0.1) is 0 Å². The minimum absolute atomic E-state index is 0.0323. The maximum atomic E-state index is 5.75. The van der Waals surface area contributed by atoms with Crippen LogP contribution in [0.4, 0.5) is 11.4 Å². The van der Waals surface area contributed by atoms with Crippen LogP contribution in [0.25, 0.3) is 0 Å². The fraction of sp³-hybridized carbons (Fsp3) is 0.250. The molecule has 2 heterocycles. The molecule has 4 nitrogen and oxygen atoms in total. The molecule has 112 valence electrons. The Morgan fingerprint density at radius 3 is 1.68 bits per heavy atom. The summed E-state index contributed by atoms with van der Waals surface area (Å²) in [7, 11) is 0. The van der Waals surface area contributed by atoms with E-state index in [2.05, 4.69) is 36.2 Å². The summed E-state index contributed by atoms with van der Waals surface area (Å²) in [4.78, 5) is 0. The molecule has 2 aromatic carbocycles. The average molecular weight is 424 g/mol. The Bertz CT molecular complexity index is 700. The first-order chi connectivity index (χ1) is 10.7. The third-order valence-corrected chi connectivity index (χ3v) is 7.92. The number of rotatable bonds is 2. The Morgan fingerprint density at radius 1 is 0.773 bits per heavy atom. The first kappa shape index (κ1) is 14.6. The van der Waals surface area contributed by atoms with E-state index in [-0.39, 0.29) is 42.8 Å². The summed E-state index contributed by atoms with van der Waals surface area (Å²) in [6, 6.07) is 12.3. The fourth-order valence-electron chi connectivity index (χ4n) is 2.52. The molecule has 0 spiro atoms. The molecular weight excluding hydrogens is 410 g/mol. The van der Waals surface area contributed by atoms with Crippen molar-refractivity contribution in [1.82, 2.24) is 0 Å². The molecule has 0 fully saturated rings. The van der Waals surface area contributed by atoms with Gasteiger partial charge < -0.3 is 0 Å². The minimum atomic E-state index is 0.0323. The normalized spacial score (nSPS) is 23.0. The van der Waals surface area contributed by atoms with Crippen molar-refractivity contribution in [3.05, 3.63) is 47.5 Å². The number of azo groups is 1. The van der Waals surface area contributed by atoms with Gasteiger partial charge in [-0.05, 0) is 0 Å². The summed E-state index contributed by atoms with van der Waals surface area (Å²) in [5.41, 5.74) is 4.35. The summed E-state index contributed by atoms with van der Waals surface area (Å²) in [6.45, 7) is 4.17. The van der Waals surface area contributed by atoms with E-state index in [1.807, 2.05) is 24.3 Å². The van der Waals surface area contributed by atoms with Crippen molar-refractivity contribution >= 4 is 50.9 Å². The standard InChI is InChI=1S/C16H14N2O2Se2/c1-9-11-5-3-7-13(15(11)21-19-9)17-18-14-8-4-6-12-10(2)20-22-16(12)14/h3-10H,1-2H3. The third-order valence-electron chi connectivity index (χ3n) is 3.74. The van der Waals surface area contributed by atoms with Crippen molar-refractivity contribution in [3.8, 4) is 0 Å². The summed E-state index contributed by atoms with van der Waals surface area (Å²) in [5, 5.41) is 9.00. The van der Waals surface area contributed by atoms with Gasteiger partial charge in [0.25, 0.3) is 0 Å². The van der Waals surface area contributed by atoms with E-state index in [1.165, 1.54) is 20.1 Å². The predicted octanol–water partition coefficient (Wildman–Crippen LogP) is 2.77. The second-order valence-electron chi connectivity index (χ2n) is 5.23. The van der Waals surface area contributed by atoms with Gasteiger partial charge in [-0.3, -0.25) is 0 Å². The zero-order valence-corrected chi connectivity index (χ0v) is 15.6. The van der Waals surface area contributed by atoms with Gasteiger partial charge in [0.15, 0.2) is 0 Å². The van der Waals surface area contributed by atoms with Crippen molar-refractivity contribution in [2.75, 3.05) is 0 Å². The number of hydrogen-bond donors (Lipinski definition) is 0. The Kier molecular flexibility index (Phi) is 3.91. The van der Waals surface area contributed by atoms with Gasteiger partial charge in [-0.2, -0.15) is 0 Å². The number of nitrogens with zero attached hydrogens (tertiary/aromatic N) is 2. The molecule has 2 aliphatic rings. The number of benzene rings is 2. The van der Waals surface area contributed by atoms with Gasteiger partial charge in [-0.1, -0.05) is 0 Å². The molecule has 6 heteroatoms. The second kappa shape index (κ2) is 5.89. The molecule has 0 amide bonds. The molecule has 0 N–H and O–H groups in total. The van der Waals surface area contributed by atoms with Crippen molar-refractivity contribution in [1.29, 1.82) is 0 Å². The molecule has 4 rings (SSSR count). The Labute approximate surface area is 142 Å². The van der Waals surface area contributed by atoms with Gasteiger partial charge in [0.1, 0.15) is 0 Å². The van der Waals surface area contributed by atoms with Gasteiger partial charge in [0, 0.05) is 0 Å². The average Bonchev–Trinajstić information content (AvgIpc) is 3.10. The number of hydrogen-bond acceptors (Lipinski definition) is 4. The van der Waals surface area contributed by atoms with E-state index in [4.69, 9.17) is 7.64 Å². The zero-order chi connectivity index (χ0) is 15.1. The molecule has 0 aliphatic carbocycles. The molecule has 22 heavy (non-hydrogen) atoms. The van der Waals surface area contributed by atoms with Gasteiger partial charge in [-0.15, -0.1) is 0 Å². The van der Waals surface area contributed by atoms with Crippen LogP contribution in [0.1, 0.15) is 37.2 Å². The van der Waals surface area contributed by atoms with Crippen LogP contribution < -0.4 is 8.92 Å². The van der Waals surface area contributed by atoms with Crippen molar-refractivity contribution < 1.29 is 7.64 Å². The van der Waals surface area contributed by atoms with Gasteiger partial charge >= 0.3 is 142 Å². The van der Waals surface area contributed by atoms with Crippen LogP contribution in [0.5, 0.6) is 0 Å². The molecular formula is C16H14N2O2Se2. The first-order valence-corrected chi connectivity index (χ1v) is 10.2. The van der Waals surface area contributed by atoms with Crippen LogP contribution in [-0.4, -0.2) is 30.6 Å². The summed E-state index contributed by atoms with van der Waals surface area (Å²) < 4.78 is 13.9. The van der Waals surface area contributed by atoms with Crippen LogP contribution in [0.15, 0.2) is 46.6 Å². The quantitative estimate of drug-likeness (QED) is 0.550. The van der Waals surface area contributed by atoms with Gasteiger partial charge in [0.05, 0.1) is 0 Å². The molecule has 2 aromatic rings. The summed E-state index contributed by atoms with van der Waals surface area (Å²) in [5.74, 6) is 0. The Balaban J connectivity index is 1.70. The maximum absolute atomic E-state index is 5.75. The fourth-order valence-corrected chi connectivity index (χ4v) is 6.16. The van der Waals surface area contributed by atoms with E-state index in [0.29, 0.717) is 0 Å². The third kappa shape index (κ3) is 2.46. The monoisotopic (exact) mass is 426 g/mol. The van der Waals surface area contributed by atoms with Crippen LogP contribution in [-0.2, 0) is 7.64 Å². The number of fused-ring (bicyclic) bond motifs is 2. The molecule has 0 bridgehead atoms. The van der Waals surface area contributed by atoms with E-state index in [0.717, 1.165) is 11.4 Å². The second-order valence-corrected chi connectivity index (χ2v) is 8.45. The topological polar surface area (TPSA) is 43.2 Å². The van der Waals surface area contributed by atoms with Crippen LogP contribution in [0.2, 0.25) is 0 Å². The summed E-state index contributed by atoms with van der Waals surface area (Å²) in [6.07, 6.45) is 0.340. The molecule has 2 aliphatic heterocycles. The molecule has 0 aromatic heterocycles. The Hall–Kier alpha value is -1.00. The molecule has 0 saturated heterocycles. The molecule has 0 saturated carbocycles. The van der Waals surface area contributed by atoms with E-state index < -0.39 is 0 Å². The van der Waals surface area contributed by atoms with E-state index in [9.17, 15) is 0 Å². The van der Waals surface area contributed by atoms with Crippen LogP contribution >= 0.6 is 0 Å².